The average molecular weight is 517 g/mol. The fourth-order valence-electron chi connectivity index (χ4n) is 3.00. The first-order chi connectivity index (χ1) is 13.6. The van der Waals surface area contributed by atoms with E-state index in [1.807, 2.05) is 13.0 Å². The minimum Gasteiger partial charge on any atom is -0.467 e. The summed E-state index contributed by atoms with van der Waals surface area (Å²) in [6.45, 7) is 5.84. The van der Waals surface area contributed by atoms with Crippen molar-refractivity contribution in [1.82, 2.24) is 10.6 Å². The predicted molar refractivity (Wildman–Crippen MR) is 120 cm³/mol. The van der Waals surface area contributed by atoms with E-state index < -0.39 is 0 Å². The monoisotopic (exact) mass is 517 g/mol. The highest BCUT2D eigenvalue weighted by Gasteiger charge is 2.16. The maximum atomic E-state index is 13.8. The summed E-state index contributed by atoms with van der Waals surface area (Å²) in [6.07, 6.45) is 0.573. The Morgan fingerprint density at radius 2 is 2.00 bits per heavy atom. The van der Waals surface area contributed by atoms with E-state index in [1.165, 1.54) is 18.2 Å². The number of benzene rings is 2. The summed E-state index contributed by atoms with van der Waals surface area (Å²) in [7, 11) is 0. The third-order valence-electron chi connectivity index (χ3n) is 4.44. The van der Waals surface area contributed by atoms with Crippen LogP contribution in [0, 0.1) is 18.6 Å². The molecule has 0 spiro atoms. The van der Waals surface area contributed by atoms with Crippen molar-refractivity contribution in [2.75, 3.05) is 19.9 Å². The van der Waals surface area contributed by atoms with Gasteiger partial charge in [0, 0.05) is 18.7 Å². The number of guanidine groups is 1. The molecule has 0 radical (unpaired) electrons. The van der Waals surface area contributed by atoms with Crippen molar-refractivity contribution < 1.29 is 18.3 Å². The van der Waals surface area contributed by atoms with Crippen LogP contribution in [0.15, 0.2) is 35.3 Å². The number of fused-ring (bicyclic) bond motifs is 1. The molecule has 0 atom stereocenters. The van der Waals surface area contributed by atoms with Crippen molar-refractivity contribution in [2.24, 2.45) is 4.99 Å². The minimum atomic E-state index is -0.301. The Hall–Kier alpha value is -1.94. The maximum Gasteiger partial charge on any atom is 0.191 e. The number of hydrogen-bond donors (Lipinski definition) is 2. The highest BCUT2D eigenvalue weighted by atomic mass is 127. The number of aliphatic imine (C=N–C) groups is 1. The van der Waals surface area contributed by atoms with Gasteiger partial charge in [-0.05, 0) is 55.2 Å². The second kappa shape index (κ2) is 11.3. The molecule has 0 amide bonds. The van der Waals surface area contributed by atoms with Crippen molar-refractivity contribution in [2.45, 2.75) is 33.4 Å². The van der Waals surface area contributed by atoms with Gasteiger partial charge in [0.05, 0.1) is 13.2 Å². The van der Waals surface area contributed by atoms with Crippen LogP contribution in [-0.4, -0.2) is 25.8 Å². The molecule has 0 aromatic heterocycles. The second-order valence-corrected chi connectivity index (χ2v) is 6.62. The van der Waals surface area contributed by atoms with E-state index in [2.05, 4.69) is 15.6 Å². The molecule has 0 saturated heterocycles. The van der Waals surface area contributed by atoms with Crippen LogP contribution in [-0.2, 0) is 24.3 Å². The standard InChI is InChI=1S/C21H25F2N3O2.HI/c1-3-24-21(26-11-15-5-4-14(2)19(23)8-15)25-7-6-16-9-18(22)10-17-12-27-13-28-20(16)17;/h4-5,8-10H,3,6-7,11-13H2,1-2H3,(H2,24,25,26);1H. The normalized spacial score (nSPS) is 13.2. The lowest BCUT2D eigenvalue weighted by molar-refractivity contribution is -0.0172. The lowest BCUT2D eigenvalue weighted by Crippen LogP contribution is -2.38. The van der Waals surface area contributed by atoms with Crippen molar-refractivity contribution in [3.8, 4) is 5.75 Å². The highest BCUT2D eigenvalue weighted by Crippen LogP contribution is 2.29. The van der Waals surface area contributed by atoms with Crippen LogP contribution in [0.25, 0.3) is 0 Å². The van der Waals surface area contributed by atoms with Gasteiger partial charge in [-0.15, -0.1) is 24.0 Å². The molecule has 1 aliphatic rings. The van der Waals surface area contributed by atoms with Gasteiger partial charge in [-0.3, -0.25) is 0 Å². The molecule has 2 aromatic carbocycles. The molecule has 1 heterocycles. The van der Waals surface area contributed by atoms with Crippen LogP contribution in [0.5, 0.6) is 5.75 Å². The van der Waals surface area contributed by atoms with Gasteiger partial charge in [-0.2, -0.15) is 0 Å². The molecule has 0 aliphatic carbocycles. The van der Waals surface area contributed by atoms with Crippen molar-refractivity contribution in [3.63, 3.8) is 0 Å². The van der Waals surface area contributed by atoms with Gasteiger partial charge in [-0.25, -0.2) is 13.8 Å². The number of rotatable bonds is 6. The van der Waals surface area contributed by atoms with Gasteiger partial charge in [0.15, 0.2) is 12.8 Å². The molecule has 0 saturated carbocycles. The van der Waals surface area contributed by atoms with E-state index in [4.69, 9.17) is 9.47 Å². The van der Waals surface area contributed by atoms with Gasteiger partial charge in [0.1, 0.15) is 17.4 Å². The molecule has 3 rings (SSSR count). The number of hydrogen-bond acceptors (Lipinski definition) is 3. The average Bonchev–Trinajstić information content (AvgIpc) is 2.68. The summed E-state index contributed by atoms with van der Waals surface area (Å²) in [5.41, 5.74) is 2.93. The van der Waals surface area contributed by atoms with E-state index in [1.54, 1.807) is 13.0 Å². The molecule has 29 heavy (non-hydrogen) atoms. The fourth-order valence-corrected chi connectivity index (χ4v) is 3.00. The smallest absolute Gasteiger partial charge is 0.191 e. The van der Waals surface area contributed by atoms with Crippen LogP contribution in [0.4, 0.5) is 8.78 Å². The Bertz CT molecular complexity index is 862. The van der Waals surface area contributed by atoms with Crippen LogP contribution in [0.3, 0.4) is 0 Å². The number of halogens is 3. The first kappa shape index (κ1) is 23.3. The van der Waals surface area contributed by atoms with Gasteiger partial charge in [0.25, 0.3) is 0 Å². The topological polar surface area (TPSA) is 54.9 Å². The summed E-state index contributed by atoms with van der Waals surface area (Å²) in [4.78, 5) is 4.49. The van der Waals surface area contributed by atoms with Gasteiger partial charge < -0.3 is 20.1 Å². The number of ether oxygens (including phenoxy) is 2. The van der Waals surface area contributed by atoms with Crippen molar-refractivity contribution >= 4 is 29.9 Å². The molecule has 8 heteroatoms. The first-order valence-electron chi connectivity index (χ1n) is 9.36. The molecule has 0 unspecified atom stereocenters. The molecule has 158 valence electrons. The minimum absolute atomic E-state index is 0. The molecule has 1 aliphatic heterocycles. The fraction of sp³-hybridized carbons (Fsp3) is 0.381. The Kier molecular flexibility index (Phi) is 9.09. The summed E-state index contributed by atoms with van der Waals surface area (Å²) in [5.74, 6) is 0.792. The lowest BCUT2D eigenvalue weighted by atomic mass is 10.1. The van der Waals surface area contributed by atoms with Crippen molar-refractivity contribution in [1.29, 1.82) is 0 Å². The molecule has 0 bridgehead atoms. The van der Waals surface area contributed by atoms with Crippen LogP contribution < -0.4 is 15.4 Å². The zero-order valence-electron chi connectivity index (χ0n) is 16.6. The highest BCUT2D eigenvalue weighted by molar-refractivity contribution is 14.0. The zero-order chi connectivity index (χ0) is 19.9. The molecular formula is C21H26F2IN3O2. The first-order valence-corrected chi connectivity index (χ1v) is 9.36. The summed E-state index contributed by atoms with van der Waals surface area (Å²) in [6, 6.07) is 8.05. The molecule has 0 fully saturated rings. The van der Waals surface area contributed by atoms with E-state index in [-0.39, 0.29) is 42.4 Å². The number of nitrogens with zero attached hydrogens (tertiary/aromatic N) is 1. The Morgan fingerprint density at radius 1 is 1.17 bits per heavy atom. The number of nitrogens with one attached hydrogen (secondary N) is 2. The summed E-state index contributed by atoms with van der Waals surface area (Å²) in [5, 5.41) is 6.39. The summed E-state index contributed by atoms with van der Waals surface area (Å²) < 4.78 is 38.3. The Balaban J connectivity index is 0.00000300. The molecular weight excluding hydrogens is 491 g/mol. The predicted octanol–water partition coefficient (Wildman–Crippen LogP) is 4.06. The van der Waals surface area contributed by atoms with Crippen LogP contribution in [0.1, 0.15) is 29.2 Å². The van der Waals surface area contributed by atoms with Gasteiger partial charge >= 0.3 is 0 Å². The maximum absolute atomic E-state index is 13.8. The van der Waals surface area contributed by atoms with E-state index >= 15 is 0 Å². The second-order valence-electron chi connectivity index (χ2n) is 6.62. The van der Waals surface area contributed by atoms with Crippen LogP contribution >= 0.6 is 24.0 Å². The van der Waals surface area contributed by atoms with Crippen molar-refractivity contribution in [3.05, 3.63) is 64.2 Å². The largest absolute Gasteiger partial charge is 0.467 e. The van der Waals surface area contributed by atoms with Gasteiger partial charge in [0.2, 0.25) is 0 Å². The molecule has 5 nitrogen and oxygen atoms in total. The van der Waals surface area contributed by atoms with Gasteiger partial charge in [-0.1, -0.05) is 12.1 Å². The third-order valence-corrected chi connectivity index (χ3v) is 4.44. The van der Waals surface area contributed by atoms with E-state index in [0.717, 1.165) is 16.7 Å². The van der Waals surface area contributed by atoms with Crippen LogP contribution in [0.2, 0.25) is 0 Å². The summed E-state index contributed by atoms with van der Waals surface area (Å²) >= 11 is 0. The third kappa shape index (κ3) is 6.53. The Labute approximate surface area is 186 Å². The zero-order valence-corrected chi connectivity index (χ0v) is 18.9. The Morgan fingerprint density at radius 3 is 2.76 bits per heavy atom. The lowest BCUT2D eigenvalue weighted by Gasteiger charge is -2.21. The molecule has 2 aromatic rings. The number of aryl methyl sites for hydroxylation is 1. The quantitative estimate of drug-likeness (QED) is 0.345. The SMILES string of the molecule is CCNC(=NCc1ccc(C)c(F)c1)NCCc1cc(F)cc2c1OCOC2.I. The van der Waals surface area contributed by atoms with E-state index in [0.29, 0.717) is 49.9 Å². The molecule has 2 N–H and O–H groups in total. The van der Waals surface area contributed by atoms with E-state index in [9.17, 15) is 8.78 Å².